The van der Waals surface area contributed by atoms with Crippen LogP contribution in [-0.2, 0) is 4.74 Å². The Morgan fingerprint density at radius 2 is 2.29 bits per heavy atom. The van der Waals surface area contributed by atoms with E-state index < -0.39 is 0 Å². The van der Waals surface area contributed by atoms with E-state index in [1.165, 1.54) is 18.6 Å². The zero-order valence-corrected chi connectivity index (χ0v) is 9.82. The van der Waals surface area contributed by atoms with Gasteiger partial charge < -0.3 is 4.74 Å². The summed E-state index contributed by atoms with van der Waals surface area (Å²) in [4.78, 5) is 11.8. The van der Waals surface area contributed by atoms with Crippen LogP contribution in [0.15, 0.2) is 24.3 Å². The lowest BCUT2D eigenvalue weighted by Gasteiger charge is -2.22. The van der Waals surface area contributed by atoms with E-state index >= 15 is 0 Å². The number of halogens is 1. The third-order valence-electron chi connectivity index (χ3n) is 3.11. The standard InChI is InChI=1S/C14H17FO2/c15-12-5-3-4-11(10-12)14(16)8-7-13-6-1-2-9-17-13/h3-5,10,13H,1-2,6-9H2. The molecular formula is C14H17FO2. The van der Waals surface area contributed by atoms with E-state index in [4.69, 9.17) is 4.74 Å². The molecule has 92 valence electrons. The molecule has 0 N–H and O–H groups in total. The Balaban J connectivity index is 1.84. The fraction of sp³-hybridized carbons (Fsp3) is 0.500. The van der Waals surface area contributed by atoms with Gasteiger partial charge in [0.1, 0.15) is 5.82 Å². The van der Waals surface area contributed by atoms with Gasteiger partial charge in [-0.1, -0.05) is 12.1 Å². The molecule has 0 aromatic heterocycles. The van der Waals surface area contributed by atoms with Crippen molar-refractivity contribution in [3.63, 3.8) is 0 Å². The minimum absolute atomic E-state index is 0.00123. The van der Waals surface area contributed by atoms with Crippen molar-refractivity contribution >= 4 is 5.78 Å². The highest BCUT2D eigenvalue weighted by Gasteiger charge is 2.16. The van der Waals surface area contributed by atoms with Gasteiger partial charge in [0.15, 0.2) is 5.78 Å². The summed E-state index contributed by atoms with van der Waals surface area (Å²) in [5.41, 5.74) is 0.459. The van der Waals surface area contributed by atoms with Crippen LogP contribution < -0.4 is 0 Å². The first-order chi connectivity index (χ1) is 8.25. The number of hydrogen-bond donors (Lipinski definition) is 0. The first-order valence-corrected chi connectivity index (χ1v) is 6.16. The van der Waals surface area contributed by atoms with E-state index in [-0.39, 0.29) is 17.7 Å². The van der Waals surface area contributed by atoms with E-state index in [0.29, 0.717) is 12.0 Å². The Labute approximate surface area is 101 Å². The number of ether oxygens (including phenoxy) is 1. The van der Waals surface area contributed by atoms with Gasteiger partial charge in [0, 0.05) is 18.6 Å². The Kier molecular flexibility index (Phi) is 4.26. The average molecular weight is 236 g/mol. The summed E-state index contributed by atoms with van der Waals surface area (Å²) in [6.45, 7) is 0.804. The summed E-state index contributed by atoms with van der Waals surface area (Å²) in [6, 6.07) is 5.87. The second-order valence-corrected chi connectivity index (χ2v) is 4.46. The summed E-state index contributed by atoms with van der Waals surface area (Å²) in [7, 11) is 0. The molecule has 0 aliphatic carbocycles. The van der Waals surface area contributed by atoms with Crippen LogP contribution in [0.25, 0.3) is 0 Å². The molecule has 1 aromatic carbocycles. The molecule has 1 heterocycles. The second kappa shape index (κ2) is 5.92. The molecule has 0 spiro atoms. The van der Waals surface area contributed by atoms with Gasteiger partial charge in [-0.3, -0.25) is 4.79 Å². The highest BCUT2D eigenvalue weighted by molar-refractivity contribution is 5.96. The normalized spacial score (nSPS) is 20.2. The Hall–Kier alpha value is -1.22. The fourth-order valence-corrected chi connectivity index (χ4v) is 2.13. The van der Waals surface area contributed by atoms with E-state index in [1.807, 2.05) is 0 Å². The number of carbonyl (C=O) groups excluding carboxylic acids is 1. The SMILES string of the molecule is O=C(CCC1CCCCO1)c1cccc(F)c1. The maximum absolute atomic E-state index is 12.9. The van der Waals surface area contributed by atoms with Crippen LogP contribution >= 0.6 is 0 Å². The molecule has 0 amide bonds. The topological polar surface area (TPSA) is 26.3 Å². The molecule has 1 fully saturated rings. The minimum atomic E-state index is -0.357. The number of benzene rings is 1. The quantitative estimate of drug-likeness (QED) is 0.749. The van der Waals surface area contributed by atoms with Gasteiger partial charge >= 0.3 is 0 Å². The van der Waals surface area contributed by atoms with Crippen molar-refractivity contribution in [2.24, 2.45) is 0 Å². The molecule has 2 rings (SSSR count). The highest BCUT2D eigenvalue weighted by Crippen LogP contribution is 2.18. The summed E-state index contributed by atoms with van der Waals surface area (Å²) >= 11 is 0. The number of hydrogen-bond acceptors (Lipinski definition) is 2. The smallest absolute Gasteiger partial charge is 0.163 e. The van der Waals surface area contributed by atoms with Crippen molar-refractivity contribution in [1.82, 2.24) is 0 Å². The van der Waals surface area contributed by atoms with Crippen LogP contribution in [-0.4, -0.2) is 18.5 Å². The zero-order chi connectivity index (χ0) is 12.1. The highest BCUT2D eigenvalue weighted by atomic mass is 19.1. The predicted octanol–water partition coefficient (Wildman–Crippen LogP) is 3.36. The van der Waals surface area contributed by atoms with Gasteiger partial charge in [-0.15, -0.1) is 0 Å². The molecule has 1 aromatic rings. The van der Waals surface area contributed by atoms with Gasteiger partial charge in [-0.25, -0.2) is 4.39 Å². The Bertz CT molecular complexity index is 384. The first kappa shape index (κ1) is 12.2. The largest absolute Gasteiger partial charge is 0.378 e. The molecule has 1 unspecified atom stereocenters. The van der Waals surface area contributed by atoms with E-state index in [1.54, 1.807) is 12.1 Å². The lowest BCUT2D eigenvalue weighted by Crippen LogP contribution is -2.20. The lowest BCUT2D eigenvalue weighted by molar-refractivity contribution is 0.0104. The fourth-order valence-electron chi connectivity index (χ4n) is 2.13. The molecule has 1 saturated heterocycles. The van der Waals surface area contributed by atoms with Crippen molar-refractivity contribution < 1.29 is 13.9 Å². The molecule has 1 atom stereocenters. The van der Waals surface area contributed by atoms with Crippen molar-refractivity contribution in [2.75, 3.05) is 6.61 Å². The number of ketones is 1. The maximum Gasteiger partial charge on any atom is 0.163 e. The molecular weight excluding hydrogens is 219 g/mol. The first-order valence-electron chi connectivity index (χ1n) is 6.16. The van der Waals surface area contributed by atoms with Gasteiger partial charge in [0.05, 0.1) is 6.10 Å². The van der Waals surface area contributed by atoms with Crippen molar-refractivity contribution in [3.8, 4) is 0 Å². The Morgan fingerprint density at radius 3 is 3.00 bits per heavy atom. The maximum atomic E-state index is 12.9. The number of carbonyl (C=O) groups is 1. The third-order valence-corrected chi connectivity index (χ3v) is 3.11. The summed E-state index contributed by atoms with van der Waals surface area (Å²) < 4.78 is 18.5. The molecule has 0 bridgehead atoms. The van der Waals surface area contributed by atoms with E-state index in [0.717, 1.165) is 25.9 Å². The van der Waals surface area contributed by atoms with Crippen LogP contribution in [0.2, 0.25) is 0 Å². The van der Waals surface area contributed by atoms with Crippen LogP contribution in [0.5, 0.6) is 0 Å². The lowest BCUT2D eigenvalue weighted by atomic mass is 10.0. The zero-order valence-electron chi connectivity index (χ0n) is 9.82. The Morgan fingerprint density at radius 1 is 1.41 bits per heavy atom. The summed E-state index contributed by atoms with van der Waals surface area (Å²) in [5, 5.41) is 0. The van der Waals surface area contributed by atoms with Crippen LogP contribution in [0.3, 0.4) is 0 Å². The molecule has 0 saturated carbocycles. The van der Waals surface area contributed by atoms with E-state index in [2.05, 4.69) is 0 Å². The molecule has 17 heavy (non-hydrogen) atoms. The molecule has 1 aliphatic heterocycles. The van der Waals surface area contributed by atoms with Gasteiger partial charge in [-0.05, 0) is 37.8 Å². The second-order valence-electron chi connectivity index (χ2n) is 4.46. The summed E-state index contributed by atoms with van der Waals surface area (Å²) in [5.74, 6) is -0.358. The predicted molar refractivity (Wildman–Crippen MR) is 63.6 cm³/mol. The van der Waals surface area contributed by atoms with Gasteiger partial charge in [-0.2, -0.15) is 0 Å². The van der Waals surface area contributed by atoms with Crippen molar-refractivity contribution in [1.29, 1.82) is 0 Å². The molecule has 3 heteroatoms. The number of Topliss-reactive ketones (excluding diaryl/α,β-unsaturated/α-hetero) is 1. The third kappa shape index (κ3) is 3.63. The molecule has 0 radical (unpaired) electrons. The van der Waals surface area contributed by atoms with Crippen LogP contribution in [0.4, 0.5) is 4.39 Å². The van der Waals surface area contributed by atoms with Crippen LogP contribution in [0, 0.1) is 5.82 Å². The monoisotopic (exact) mass is 236 g/mol. The van der Waals surface area contributed by atoms with Gasteiger partial charge in [0.2, 0.25) is 0 Å². The van der Waals surface area contributed by atoms with Crippen molar-refractivity contribution in [3.05, 3.63) is 35.6 Å². The van der Waals surface area contributed by atoms with Crippen LogP contribution in [0.1, 0.15) is 42.5 Å². The average Bonchev–Trinajstić information content (AvgIpc) is 2.37. The van der Waals surface area contributed by atoms with Gasteiger partial charge in [0.25, 0.3) is 0 Å². The number of rotatable bonds is 4. The van der Waals surface area contributed by atoms with E-state index in [9.17, 15) is 9.18 Å². The molecule has 1 aliphatic rings. The summed E-state index contributed by atoms with van der Waals surface area (Å²) in [6.07, 6.45) is 4.73. The minimum Gasteiger partial charge on any atom is -0.378 e. The van der Waals surface area contributed by atoms with Crippen molar-refractivity contribution in [2.45, 2.75) is 38.2 Å². The molecule has 2 nitrogen and oxygen atoms in total.